The monoisotopic (exact) mass is 506 g/mol. The highest BCUT2D eigenvalue weighted by molar-refractivity contribution is 6.51. The molecule has 6 nitrogen and oxygen atoms in total. The molecule has 1 saturated heterocycles. The Morgan fingerprint density at radius 1 is 1.11 bits per heavy atom. The number of nitrogens with zero attached hydrogens (tertiary/aromatic N) is 2. The highest BCUT2D eigenvalue weighted by Crippen LogP contribution is 2.44. The lowest BCUT2D eigenvalue weighted by molar-refractivity contribution is -0.132. The van der Waals surface area contributed by atoms with Gasteiger partial charge in [0, 0.05) is 18.3 Å². The number of benzene rings is 3. The molecule has 1 amide bonds. The number of Topliss-reactive ketones (excluding diaryl/α,β-unsaturated/α-hetero) is 1. The molecule has 3 aromatic rings. The van der Waals surface area contributed by atoms with Gasteiger partial charge in [0.2, 0.25) is 0 Å². The summed E-state index contributed by atoms with van der Waals surface area (Å²) in [5.41, 5.74) is 3.07. The van der Waals surface area contributed by atoms with E-state index in [1.807, 2.05) is 43.1 Å². The Bertz CT molecular complexity index is 1400. The van der Waals surface area contributed by atoms with Crippen molar-refractivity contribution in [3.8, 4) is 5.75 Å². The van der Waals surface area contributed by atoms with Gasteiger partial charge in [-0.2, -0.15) is 0 Å². The van der Waals surface area contributed by atoms with Crippen molar-refractivity contribution in [2.45, 2.75) is 19.4 Å². The third-order valence-electron chi connectivity index (χ3n) is 6.66. The molecule has 2 aliphatic rings. The first-order valence-corrected chi connectivity index (χ1v) is 12.0. The molecule has 2 aliphatic heterocycles. The standard InChI is InChI=1S/C28H24ClFN2O4/c1-3-16-4-6-17(7-5-16)25-24(26(33)18-8-11-23-22(14-18)31(2)12-13-36-23)27(34)28(35)32(25)19-9-10-21(30)20(29)15-19/h4-11,14-15,25,33H,3,12-13H2,1-2H3/b26-24-. The molecule has 5 rings (SSSR count). The number of hydrogen-bond acceptors (Lipinski definition) is 5. The Morgan fingerprint density at radius 2 is 1.86 bits per heavy atom. The zero-order chi connectivity index (χ0) is 25.6. The summed E-state index contributed by atoms with van der Waals surface area (Å²) >= 11 is 6.01. The SMILES string of the molecule is CCc1ccc(C2/C(=C(/O)c3ccc4c(c3)N(C)CCO4)C(=O)C(=O)N2c2ccc(F)c(Cl)c2)cc1. The van der Waals surface area contributed by atoms with Crippen LogP contribution in [0.5, 0.6) is 5.75 Å². The Hall–Kier alpha value is -3.84. The summed E-state index contributed by atoms with van der Waals surface area (Å²) < 4.78 is 19.6. The highest BCUT2D eigenvalue weighted by Gasteiger charge is 2.47. The van der Waals surface area contributed by atoms with Crippen molar-refractivity contribution in [1.29, 1.82) is 0 Å². The van der Waals surface area contributed by atoms with Gasteiger partial charge in [-0.1, -0.05) is 42.8 Å². The summed E-state index contributed by atoms with van der Waals surface area (Å²) in [6, 6.07) is 15.5. The summed E-state index contributed by atoms with van der Waals surface area (Å²) in [6.07, 6.45) is 0.818. The van der Waals surface area contributed by atoms with Crippen molar-refractivity contribution < 1.29 is 23.8 Å². The largest absolute Gasteiger partial charge is 0.507 e. The van der Waals surface area contributed by atoms with Gasteiger partial charge in [0.15, 0.2) is 0 Å². The van der Waals surface area contributed by atoms with Crippen LogP contribution in [0.1, 0.15) is 29.7 Å². The Kier molecular flexibility index (Phi) is 6.18. The van der Waals surface area contributed by atoms with E-state index in [0.717, 1.165) is 23.7 Å². The number of carbonyl (C=O) groups is 2. The van der Waals surface area contributed by atoms with E-state index < -0.39 is 23.5 Å². The maximum absolute atomic E-state index is 13.9. The van der Waals surface area contributed by atoms with Gasteiger partial charge in [-0.05, 0) is 53.9 Å². The second-order valence-electron chi connectivity index (χ2n) is 8.82. The van der Waals surface area contributed by atoms with Crippen LogP contribution in [0.2, 0.25) is 5.02 Å². The minimum absolute atomic E-state index is 0.0518. The molecule has 1 N–H and O–H groups in total. The molecule has 36 heavy (non-hydrogen) atoms. The number of carbonyl (C=O) groups excluding carboxylic acids is 2. The first-order valence-electron chi connectivity index (χ1n) is 11.6. The third kappa shape index (κ3) is 3.99. The Balaban J connectivity index is 1.70. The van der Waals surface area contributed by atoms with Crippen molar-refractivity contribution >= 4 is 40.4 Å². The van der Waals surface area contributed by atoms with Gasteiger partial charge in [-0.15, -0.1) is 0 Å². The van der Waals surface area contributed by atoms with Gasteiger partial charge < -0.3 is 14.7 Å². The molecule has 3 aromatic carbocycles. The van der Waals surface area contributed by atoms with Gasteiger partial charge >= 0.3 is 0 Å². The van der Waals surface area contributed by atoms with Crippen LogP contribution < -0.4 is 14.5 Å². The smallest absolute Gasteiger partial charge is 0.300 e. The van der Waals surface area contributed by atoms with Crippen LogP contribution in [-0.4, -0.2) is 37.0 Å². The lowest BCUT2D eigenvalue weighted by Gasteiger charge is -2.28. The van der Waals surface area contributed by atoms with Gasteiger partial charge in [-0.25, -0.2) is 4.39 Å². The highest BCUT2D eigenvalue weighted by atomic mass is 35.5. The van der Waals surface area contributed by atoms with Crippen LogP contribution in [0.4, 0.5) is 15.8 Å². The zero-order valence-corrected chi connectivity index (χ0v) is 20.6. The van der Waals surface area contributed by atoms with E-state index in [9.17, 15) is 19.1 Å². The van der Waals surface area contributed by atoms with E-state index in [-0.39, 0.29) is 22.0 Å². The summed E-state index contributed by atoms with van der Waals surface area (Å²) in [5, 5.41) is 11.3. The van der Waals surface area contributed by atoms with E-state index in [4.69, 9.17) is 16.3 Å². The normalized spacial score (nSPS) is 18.8. The van der Waals surface area contributed by atoms with Crippen LogP contribution in [0.3, 0.4) is 0 Å². The number of hydrogen-bond donors (Lipinski definition) is 1. The Labute approximate surface area is 213 Å². The first-order chi connectivity index (χ1) is 17.3. The van der Waals surface area contributed by atoms with Crippen LogP contribution in [-0.2, 0) is 16.0 Å². The maximum atomic E-state index is 13.9. The number of halogens is 2. The van der Waals surface area contributed by atoms with E-state index in [1.54, 1.807) is 18.2 Å². The molecule has 0 aliphatic carbocycles. The first kappa shape index (κ1) is 23.9. The van der Waals surface area contributed by atoms with Crippen molar-refractivity contribution in [2.75, 3.05) is 30.0 Å². The predicted octanol–water partition coefficient (Wildman–Crippen LogP) is 5.50. The number of ether oxygens (including phenoxy) is 1. The van der Waals surface area contributed by atoms with Crippen LogP contribution in [0.25, 0.3) is 5.76 Å². The average Bonchev–Trinajstić information content (AvgIpc) is 3.15. The fourth-order valence-electron chi connectivity index (χ4n) is 4.64. The quantitative estimate of drug-likeness (QED) is 0.287. The van der Waals surface area contributed by atoms with Crippen molar-refractivity contribution in [1.82, 2.24) is 0 Å². The third-order valence-corrected chi connectivity index (χ3v) is 6.95. The van der Waals surface area contributed by atoms with Gasteiger partial charge in [0.1, 0.15) is 23.9 Å². The van der Waals surface area contributed by atoms with E-state index >= 15 is 0 Å². The molecule has 1 fully saturated rings. The predicted molar refractivity (Wildman–Crippen MR) is 137 cm³/mol. The van der Waals surface area contributed by atoms with Crippen molar-refractivity contribution in [2.24, 2.45) is 0 Å². The molecular formula is C28H24ClFN2O4. The minimum Gasteiger partial charge on any atom is -0.507 e. The molecule has 184 valence electrons. The number of anilines is 2. The molecule has 0 saturated carbocycles. The topological polar surface area (TPSA) is 70.1 Å². The molecule has 1 atom stereocenters. The van der Waals surface area contributed by atoms with Gasteiger partial charge in [-0.3, -0.25) is 14.5 Å². The zero-order valence-electron chi connectivity index (χ0n) is 19.8. The summed E-state index contributed by atoms with van der Waals surface area (Å²) in [6.45, 7) is 3.25. The van der Waals surface area contributed by atoms with Crippen LogP contribution in [0.15, 0.2) is 66.2 Å². The van der Waals surface area contributed by atoms with E-state index in [2.05, 4.69) is 0 Å². The molecular weight excluding hydrogens is 483 g/mol. The van der Waals surface area contributed by atoms with E-state index in [0.29, 0.717) is 30.0 Å². The van der Waals surface area contributed by atoms with Gasteiger partial charge in [0.25, 0.3) is 11.7 Å². The minimum atomic E-state index is -0.928. The van der Waals surface area contributed by atoms with Crippen LogP contribution in [0, 0.1) is 5.82 Å². The number of rotatable bonds is 4. The fraction of sp³-hybridized carbons (Fsp3) is 0.214. The molecule has 0 radical (unpaired) electrons. The molecule has 0 bridgehead atoms. The second kappa shape index (κ2) is 9.32. The average molecular weight is 507 g/mol. The summed E-state index contributed by atoms with van der Waals surface area (Å²) in [4.78, 5) is 29.9. The van der Waals surface area contributed by atoms with Crippen molar-refractivity contribution in [3.63, 3.8) is 0 Å². The van der Waals surface area contributed by atoms with Crippen LogP contribution >= 0.6 is 11.6 Å². The number of fused-ring (bicyclic) bond motifs is 1. The molecule has 8 heteroatoms. The molecule has 0 spiro atoms. The number of aliphatic hydroxyl groups excluding tert-OH is 1. The number of amides is 1. The fourth-order valence-corrected chi connectivity index (χ4v) is 4.81. The maximum Gasteiger partial charge on any atom is 0.300 e. The number of likely N-dealkylation sites (N-methyl/N-ethyl adjacent to an activating group) is 1. The van der Waals surface area contributed by atoms with Crippen molar-refractivity contribution in [3.05, 3.63) is 93.8 Å². The summed E-state index contributed by atoms with van der Waals surface area (Å²) in [7, 11) is 1.91. The van der Waals surface area contributed by atoms with E-state index in [1.165, 1.54) is 17.0 Å². The number of aliphatic hydroxyl groups is 1. The van der Waals surface area contributed by atoms with Gasteiger partial charge in [0.05, 0.1) is 28.9 Å². The molecule has 0 aromatic heterocycles. The summed E-state index contributed by atoms with van der Waals surface area (Å²) in [5.74, 6) is -1.92. The number of aryl methyl sites for hydroxylation is 1. The lowest BCUT2D eigenvalue weighted by Crippen LogP contribution is -2.29. The Morgan fingerprint density at radius 3 is 2.56 bits per heavy atom. The number of ketones is 1. The lowest BCUT2D eigenvalue weighted by atomic mass is 9.94. The molecule has 1 unspecified atom stereocenters. The second-order valence-corrected chi connectivity index (χ2v) is 9.22. The molecule has 2 heterocycles.